The lowest BCUT2D eigenvalue weighted by molar-refractivity contribution is 0.275. The summed E-state index contributed by atoms with van der Waals surface area (Å²) in [5.41, 5.74) is 1.77. The molecule has 0 aromatic carbocycles. The number of nitrogens with zero attached hydrogens (tertiary/aromatic N) is 5. The number of hydrogen-bond donors (Lipinski definition) is 0. The van der Waals surface area contributed by atoms with Gasteiger partial charge in [0.05, 0.1) is 6.54 Å². The molecule has 1 fully saturated rings. The van der Waals surface area contributed by atoms with Gasteiger partial charge in [-0.2, -0.15) is 0 Å². The zero-order valence-electron chi connectivity index (χ0n) is 9.37. The highest BCUT2D eigenvalue weighted by Crippen LogP contribution is 2.17. The number of likely N-dealkylation sites (tertiary alicyclic amines) is 1. The van der Waals surface area contributed by atoms with E-state index in [1.54, 1.807) is 6.20 Å². The Kier molecular flexibility index (Phi) is 2.32. The van der Waals surface area contributed by atoms with E-state index in [1.807, 2.05) is 16.8 Å². The summed E-state index contributed by atoms with van der Waals surface area (Å²) in [5.74, 6) is 0. The summed E-state index contributed by atoms with van der Waals surface area (Å²) < 4.78 is 1.92. The van der Waals surface area contributed by atoms with Crippen LogP contribution in [0.15, 0.2) is 18.3 Å². The summed E-state index contributed by atoms with van der Waals surface area (Å²) in [7, 11) is 2.17. The van der Waals surface area contributed by atoms with Gasteiger partial charge in [-0.15, -0.1) is 5.10 Å². The molecule has 0 spiro atoms. The molecule has 0 saturated carbocycles. The first-order valence-electron chi connectivity index (χ1n) is 5.69. The van der Waals surface area contributed by atoms with Crippen LogP contribution in [0.1, 0.15) is 12.8 Å². The van der Waals surface area contributed by atoms with Crippen LogP contribution in [0.25, 0.3) is 11.2 Å². The molecule has 1 aliphatic rings. The molecule has 3 heterocycles. The second-order valence-corrected chi connectivity index (χ2v) is 4.39. The van der Waals surface area contributed by atoms with Gasteiger partial charge in [-0.1, -0.05) is 5.21 Å². The van der Waals surface area contributed by atoms with Crippen molar-refractivity contribution in [2.24, 2.45) is 0 Å². The van der Waals surface area contributed by atoms with Gasteiger partial charge in [0.25, 0.3) is 0 Å². The van der Waals surface area contributed by atoms with Crippen LogP contribution in [0.3, 0.4) is 0 Å². The summed E-state index contributed by atoms with van der Waals surface area (Å²) in [6, 6.07) is 4.42. The van der Waals surface area contributed by atoms with Gasteiger partial charge in [0, 0.05) is 12.2 Å². The van der Waals surface area contributed by atoms with E-state index in [2.05, 4.69) is 27.2 Å². The van der Waals surface area contributed by atoms with Crippen LogP contribution in [0, 0.1) is 0 Å². The van der Waals surface area contributed by atoms with Crippen LogP contribution in [-0.4, -0.2) is 44.5 Å². The average Bonchev–Trinajstić information content (AvgIpc) is 2.88. The largest absolute Gasteiger partial charge is 0.302 e. The lowest BCUT2D eigenvalue weighted by Crippen LogP contribution is -2.29. The van der Waals surface area contributed by atoms with Gasteiger partial charge in [0.2, 0.25) is 0 Å². The fourth-order valence-electron chi connectivity index (χ4n) is 2.34. The topological polar surface area (TPSA) is 46.8 Å². The predicted molar refractivity (Wildman–Crippen MR) is 61.0 cm³/mol. The first kappa shape index (κ1) is 9.72. The standard InChI is InChI=1S/C11H15N5/c1-15-7-3-4-9(15)8-16-11-10(13-14-16)5-2-6-12-11/h2,5-6,9H,3-4,7-8H2,1H3. The van der Waals surface area contributed by atoms with Crippen molar-refractivity contribution in [2.75, 3.05) is 13.6 Å². The number of likely N-dealkylation sites (N-methyl/N-ethyl adjacent to an activating group) is 1. The molecule has 2 aromatic rings. The molecular formula is C11H15N5. The van der Waals surface area contributed by atoms with E-state index in [9.17, 15) is 0 Å². The Bertz CT molecular complexity index is 492. The smallest absolute Gasteiger partial charge is 0.178 e. The van der Waals surface area contributed by atoms with Crippen LogP contribution in [0.4, 0.5) is 0 Å². The molecule has 84 valence electrons. The minimum atomic E-state index is 0.576. The van der Waals surface area contributed by atoms with Crippen LogP contribution in [0.2, 0.25) is 0 Å². The Morgan fingerprint density at radius 3 is 3.25 bits per heavy atom. The van der Waals surface area contributed by atoms with Crippen molar-refractivity contribution in [3.05, 3.63) is 18.3 Å². The van der Waals surface area contributed by atoms with Crippen LogP contribution >= 0.6 is 0 Å². The molecule has 0 bridgehead atoms. The quantitative estimate of drug-likeness (QED) is 0.750. The maximum absolute atomic E-state index is 4.33. The van der Waals surface area contributed by atoms with Gasteiger partial charge in [-0.3, -0.25) is 0 Å². The third-order valence-electron chi connectivity index (χ3n) is 3.33. The molecule has 1 atom stereocenters. The van der Waals surface area contributed by atoms with Crippen LogP contribution in [-0.2, 0) is 6.54 Å². The predicted octanol–water partition coefficient (Wildman–Crippen LogP) is 0.920. The molecule has 5 heteroatoms. The molecular weight excluding hydrogens is 202 g/mol. The first-order valence-corrected chi connectivity index (χ1v) is 5.69. The third-order valence-corrected chi connectivity index (χ3v) is 3.33. The molecule has 1 saturated heterocycles. The molecule has 0 N–H and O–H groups in total. The summed E-state index contributed by atoms with van der Waals surface area (Å²) >= 11 is 0. The van der Waals surface area contributed by atoms with Gasteiger partial charge in [-0.25, -0.2) is 9.67 Å². The monoisotopic (exact) mass is 217 g/mol. The van der Waals surface area contributed by atoms with Crippen molar-refractivity contribution in [3.63, 3.8) is 0 Å². The van der Waals surface area contributed by atoms with E-state index >= 15 is 0 Å². The Morgan fingerprint density at radius 2 is 2.44 bits per heavy atom. The second kappa shape index (κ2) is 3.83. The third kappa shape index (κ3) is 1.57. The molecule has 3 rings (SSSR count). The van der Waals surface area contributed by atoms with Crippen molar-refractivity contribution in [3.8, 4) is 0 Å². The summed E-state index contributed by atoms with van der Waals surface area (Å²) in [6.45, 7) is 2.08. The van der Waals surface area contributed by atoms with Crippen molar-refractivity contribution < 1.29 is 0 Å². The lowest BCUT2D eigenvalue weighted by Gasteiger charge is -2.18. The number of fused-ring (bicyclic) bond motifs is 1. The Balaban J connectivity index is 1.89. The van der Waals surface area contributed by atoms with Gasteiger partial charge < -0.3 is 4.90 Å². The molecule has 0 aliphatic carbocycles. The highest BCUT2D eigenvalue weighted by Gasteiger charge is 2.22. The van der Waals surface area contributed by atoms with Gasteiger partial charge in [0.15, 0.2) is 5.65 Å². The second-order valence-electron chi connectivity index (χ2n) is 4.39. The lowest BCUT2D eigenvalue weighted by atomic mass is 10.2. The van der Waals surface area contributed by atoms with Gasteiger partial charge in [-0.05, 0) is 38.6 Å². The molecule has 5 nitrogen and oxygen atoms in total. The Morgan fingerprint density at radius 1 is 1.50 bits per heavy atom. The van der Waals surface area contributed by atoms with Crippen molar-refractivity contribution >= 4 is 11.2 Å². The Hall–Kier alpha value is -1.49. The molecule has 0 amide bonds. The van der Waals surface area contributed by atoms with Crippen molar-refractivity contribution in [1.82, 2.24) is 24.9 Å². The van der Waals surface area contributed by atoms with E-state index < -0.39 is 0 Å². The van der Waals surface area contributed by atoms with E-state index in [-0.39, 0.29) is 0 Å². The van der Waals surface area contributed by atoms with Gasteiger partial charge in [0.1, 0.15) is 5.52 Å². The molecule has 2 aromatic heterocycles. The summed E-state index contributed by atoms with van der Waals surface area (Å²) in [5, 5.41) is 8.29. The van der Waals surface area contributed by atoms with Crippen molar-refractivity contribution in [1.29, 1.82) is 0 Å². The van der Waals surface area contributed by atoms with E-state index in [4.69, 9.17) is 0 Å². The average molecular weight is 217 g/mol. The van der Waals surface area contributed by atoms with Crippen LogP contribution in [0.5, 0.6) is 0 Å². The zero-order chi connectivity index (χ0) is 11.0. The minimum absolute atomic E-state index is 0.576. The zero-order valence-corrected chi connectivity index (χ0v) is 9.37. The SMILES string of the molecule is CN1CCCC1Cn1nnc2cccnc21. The van der Waals surface area contributed by atoms with Gasteiger partial charge >= 0.3 is 0 Å². The van der Waals surface area contributed by atoms with E-state index in [0.29, 0.717) is 6.04 Å². The summed E-state index contributed by atoms with van der Waals surface area (Å²) in [6.07, 6.45) is 4.31. The molecule has 1 aliphatic heterocycles. The van der Waals surface area contributed by atoms with E-state index in [1.165, 1.54) is 19.4 Å². The van der Waals surface area contributed by atoms with Crippen molar-refractivity contribution in [2.45, 2.75) is 25.4 Å². The maximum Gasteiger partial charge on any atom is 0.178 e. The number of hydrogen-bond acceptors (Lipinski definition) is 4. The minimum Gasteiger partial charge on any atom is -0.302 e. The summed E-state index contributed by atoms with van der Waals surface area (Å²) in [4.78, 5) is 6.71. The fourth-order valence-corrected chi connectivity index (χ4v) is 2.34. The number of aromatic nitrogens is 4. The molecule has 1 unspecified atom stereocenters. The highest BCUT2D eigenvalue weighted by molar-refractivity contribution is 5.68. The van der Waals surface area contributed by atoms with E-state index in [0.717, 1.165) is 17.7 Å². The Labute approximate surface area is 94.1 Å². The first-order chi connectivity index (χ1) is 7.84. The highest BCUT2D eigenvalue weighted by atomic mass is 15.4. The van der Waals surface area contributed by atoms with Crippen LogP contribution < -0.4 is 0 Å². The molecule has 0 radical (unpaired) electrons. The number of rotatable bonds is 2. The number of pyridine rings is 1. The maximum atomic E-state index is 4.33. The fraction of sp³-hybridized carbons (Fsp3) is 0.545. The normalized spacial score (nSPS) is 21.9. The molecule has 16 heavy (non-hydrogen) atoms.